The number of carbonyl (C=O) groups is 1. The topological polar surface area (TPSA) is 69.6 Å². The minimum absolute atomic E-state index is 0.00984. The molecule has 0 aliphatic carbocycles. The zero-order chi connectivity index (χ0) is 30.3. The van der Waals surface area contributed by atoms with E-state index >= 15 is 0 Å². The van der Waals surface area contributed by atoms with Crippen LogP contribution in [-0.4, -0.2) is 29.2 Å². The molecular formula is C25H27NO3. The van der Waals surface area contributed by atoms with Gasteiger partial charge in [0, 0.05) is 9.29 Å². The quantitative estimate of drug-likeness (QED) is 0.490. The molecule has 0 aliphatic heterocycles. The molecule has 0 bridgehead atoms. The van der Waals surface area contributed by atoms with Crippen LogP contribution in [-0.2, 0) is 6.42 Å². The van der Waals surface area contributed by atoms with Gasteiger partial charge in [-0.25, -0.2) is 4.79 Å². The van der Waals surface area contributed by atoms with Crippen LogP contribution in [0.5, 0.6) is 0 Å². The maximum atomic E-state index is 11.4. The van der Waals surface area contributed by atoms with Crippen LogP contribution in [0.4, 0.5) is 0 Å². The molecule has 0 spiro atoms. The van der Waals surface area contributed by atoms with E-state index < -0.39 is 73.3 Å². The molecule has 0 fully saturated rings. The molecule has 150 valence electrons. The first-order valence-corrected chi connectivity index (χ1v) is 8.89. The van der Waals surface area contributed by atoms with Crippen LogP contribution in [0.2, 0.25) is 0 Å². The Kier molecular flexibility index (Phi) is 3.70. The number of carboxylic acids is 1. The molecule has 0 amide bonds. The summed E-state index contributed by atoms with van der Waals surface area (Å²) in [5, 5.41) is 22.4. The van der Waals surface area contributed by atoms with Gasteiger partial charge in [0.1, 0.15) is 0 Å². The summed E-state index contributed by atoms with van der Waals surface area (Å²) in [5.74, 6) is -1.23. The maximum Gasteiger partial charge on any atom is 0.335 e. The fourth-order valence-electron chi connectivity index (χ4n) is 2.55. The first-order chi connectivity index (χ1) is 18.4. The van der Waals surface area contributed by atoms with Gasteiger partial charge in [0.15, 0.2) is 0 Å². The van der Waals surface area contributed by atoms with Crippen molar-refractivity contribution in [2.24, 2.45) is 0 Å². The molecule has 0 unspecified atom stereocenters. The monoisotopic (exact) mass is 400 g/mol. The van der Waals surface area contributed by atoms with Crippen molar-refractivity contribution in [3.8, 4) is 11.1 Å². The van der Waals surface area contributed by atoms with Gasteiger partial charge < -0.3 is 15.5 Å². The Morgan fingerprint density at radius 1 is 1.21 bits per heavy atom. The highest BCUT2D eigenvalue weighted by molar-refractivity contribution is 5.89. The summed E-state index contributed by atoms with van der Waals surface area (Å²) in [6, 6.07) is 1.63. The van der Waals surface area contributed by atoms with E-state index in [1.165, 1.54) is 31.2 Å². The van der Waals surface area contributed by atoms with E-state index in [1.807, 2.05) is 0 Å². The van der Waals surface area contributed by atoms with E-state index in [1.54, 1.807) is 0 Å². The SMILES string of the molecule is [2H]c1c([2H])c(CCC([2H])([2H])NC[C@]([2H])(O)c2c([2H])c([2H])c([2H])c(C)c2[2H])c([2H])c(-c2cccc(C(=O)O)c2)c1[2H]. The summed E-state index contributed by atoms with van der Waals surface area (Å²) in [5.41, 5.74) is -0.590. The van der Waals surface area contributed by atoms with Gasteiger partial charge in [0.05, 0.1) is 24.0 Å². The smallest absolute Gasteiger partial charge is 0.335 e. The molecule has 3 aromatic rings. The maximum absolute atomic E-state index is 11.4. The van der Waals surface area contributed by atoms with Crippen molar-refractivity contribution in [3.63, 3.8) is 0 Å². The molecular weight excluding hydrogens is 362 g/mol. The van der Waals surface area contributed by atoms with Gasteiger partial charge in [-0.3, -0.25) is 0 Å². The van der Waals surface area contributed by atoms with Gasteiger partial charge in [0.2, 0.25) is 0 Å². The van der Waals surface area contributed by atoms with Crippen molar-refractivity contribution < 1.29 is 30.1 Å². The molecule has 0 saturated carbocycles. The average molecular weight is 401 g/mol. The third-order valence-corrected chi connectivity index (χ3v) is 3.99. The fourth-order valence-corrected chi connectivity index (χ4v) is 2.55. The van der Waals surface area contributed by atoms with Crippen LogP contribution in [0.25, 0.3) is 11.1 Å². The molecule has 4 heteroatoms. The largest absolute Gasteiger partial charge is 0.478 e. The van der Waals surface area contributed by atoms with Crippen LogP contribution >= 0.6 is 0 Å². The van der Waals surface area contributed by atoms with Crippen molar-refractivity contribution in [1.82, 2.24) is 5.32 Å². The Labute approximate surface area is 187 Å². The highest BCUT2D eigenvalue weighted by Crippen LogP contribution is 2.22. The Hall–Kier alpha value is -2.95. The second-order valence-corrected chi connectivity index (χ2v) is 6.22. The second kappa shape index (κ2) is 10.0. The predicted octanol–water partition coefficient (Wildman–Crippen LogP) is 4.62. The lowest BCUT2D eigenvalue weighted by Gasteiger charge is -2.13. The second-order valence-electron chi connectivity index (χ2n) is 6.22. The van der Waals surface area contributed by atoms with Gasteiger partial charge in [-0.1, -0.05) is 66.0 Å². The molecule has 0 aliphatic rings. The minimum atomic E-state index is -2.69. The summed E-state index contributed by atoms with van der Waals surface area (Å²) in [4.78, 5) is 11.4. The number of hydrogen-bond acceptors (Lipinski definition) is 3. The zero-order valence-electron chi connectivity index (χ0n) is 26.7. The van der Waals surface area contributed by atoms with E-state index in [2.05, 4.69) is 5.32 Å². The molecule has 0 radical (unpaired) electrons. The molecule has 0 saturated heterocycles. The van der Waals surface area contributed by atoms with Crippen molar-refractivity contribution in [2.75, 3.05) is 13.0 Å². The van der Waals surface area contributed by atoms with Crippen molar-refractivity contribution in [2.45, 2.75) is 25.8 Å². The highest BCUT2D eigenvalue weighted by Gasteiger charge is 2.07. The molecule has 3 rings (SSSR count). The normalized spacial score (nSPS) is 18.9. The number of rotatable bonds is 9. The van der Waals surface area contributed by atoms with Crippen molar-refractivity contribution in [1.29, 1.82) is 0 Å². The Balaban J connectivity index is 1.88. The average Bonchev–Trinajstić information content (AvgIpc) is 2.88. The van der Waals surface area contributed by atoms with E-state index in [9.17, 15) is 15.0 Å². The van der Waals surface area contributed by atoms with Crippen LogP contribution in [0, 0.1) is 6.92 Å². The summed E-state index contributed by atoms with van der Waals surface area (Å²) in [6.07, 6.45) is -3.36. The van der Waals surface area contributed by atoms with Crippen LogP contribution in [0.3, 0.4) is 0 Å². The molecule has 3 N–H and O–H groups in total. The summed E-state index contributed by atoms with van der Waals surface area (Å²) < 4.78 is 90.0. The standard InChI is InChI=1S/C25H27NO3/c1-18-6-2-11-22(14-18)24(27)17-26-13-5-8-19-7-3-9-20(15-19)21-10-4-12-23(16-21)25(28)29/h2-4,6-7,9-12,14-16,24,26-27H,5,8,13,17H2,1H3,(H,28,29)/t24-/m0/s1/i2D,3D,6D,7D,9D,11D,13D2,14D,15D,24D. The lowest BCUT2D eigenvalue weighted by molar-refractivity contribution is 0.0697. The number of nitrogens with one attached hydrogen (secondary N) is 1. The Morgan fingerprint density at radius 3 is 2.86 bits per heavy atom. The van der Waals surface area contributed by atoms with Gasteiger partial charge in [-0.05, 0) is 60.6 Å². The summed E-state index contributed by atoms with van der Waals surface area (Å²) in [6.45, 7) is -1.75. The minimum Gasteiger partial charge on any atom is -0.478 e. The highest BCUT2D eigenvalue weighted by atomic mass is 16.4. The van der Waals surface area contributed by atoms with E-state index in [4.69, 9.17) is 15.1 Å². The van der Waals surface area contributed by atoms with Gasteiger partial charge in [0.25, 0.3) is 0 Å². The summed E-state index contributed by atoms with van der Waals surface area (Å²) in [7, 11) is 0. The first kappa shape index (κ1) is 10.7. The van der Waals surface area contributed by atoms with Gasteiger partial charge in [-0.15, -0.1) is 0 Å². The van der Waals surface area contributed by atoms with Gasteiger partial charge in [-0.2, -0.15) is 0 Å². The zero-order valence-corrected chi connectivity index (χ0v) is 15.7. The fraction of sp³-hybridized carbons (Fsp3) is 0.240. The van der Waals surface area contributed by atoms with Crippen LogP contribution in [0.1, 0.15) is 54.6 Å². The molecule has 0 aromatic heterocycles. The van der Waals surface area contributed by atoms with E-state index in [0.717, 1.165) is 0 Å². The van der Waals surface area contributed by atoms with Crippen molar-refractivity contribution in [3.05, 3.63) is 94.9 Å². The third-order valence-electron chi connectivity index (χ3n) is 3.99. The van der Waals surface area contributed by atoms with Crippen LogP contribution < -0.4 is 5.32 Å². The number of hydrogen-bond donors (Lipinski definition) is 3. The molecule has 4 nitrogen and oxygen atoms in total. The lowest BCUT2D eigenvalue weighted by atomic mass is 9.99. The van der Waals surface area contributed by atoms with E-state index in [-0.39, 0.29) is 46.3 Å². The first-order valence-electron chi connectivity index (χ1n) is 14.4. The Bertz CT molecular complexity index is 1460. The number of benzene rings is 3. The third kappa shape index (κ3) is 6.01. The predicted molar refractivity (Wildman–Crippen MR) is 116 cm³/mol. The van der Waals surface area contributed by atoms with Gasteiger partial charge >= 0.3 is 5.97 Å². The van der Waals surface area contributed by atoms with Crippen LogP contribution in [0.15, 0.2) is 72.6 Å². The molecule has 1 atom stereocenters. The number of aromatic carboxylic acids is 1. The lowest BCUT2D eigenvalue weighted by Crippen LogP contribution is -2.22. The summed E-state index contributed by atoms with van der Waals surface area (Å²) >= 11 is 0. The molecule has 29 heavy (non-hydrogen) atoms. The number of aliphatic hydroxyl groups is 1. The molecule has 3 aromatic carbocycles. The van der Waals surface area contributed by atoms with Crippen molar-refractivity contribution >= 4 is 5.97 Å². The molecule has 0 heterocycles. The Morgan fingerprint density at radius 2 is 2.03 bits per heavy atom. The van der Waals surface area contributed by atoms with E-state index in [0.29, 0.717) is 0 Å². The number of carboxylic acid groups (broad SMARTS) is 1.